The largest absolute Gasteiger partial charge is 0.336 e. The molecule has 1 aliphatic heterocycles. The number of pyridine rings is 1. The van der Waals surface area contributed by atoms with Crippen molar-refractivity contribution >= 4 is 28.4 Å². The van der Waals surface area contributed by atoms with E-state index in [1.54, 1.807) is 6.20 Å². The Hall–Kier alpha value is -3.84. The van der Waals surface area contributed by atoms with Crippen LogP contribution in [-0.4, -0.2) is 63.9 Å². The SMILES string of the molecule is Cc1ccc(Nc2ncc3cc(-c4cc(C(=O)N5CCN(C)CC5)ccc4C)cc(C)c3n2)cn1. The fourth-order valence-corrected chi connectivity index (χ4v) is 4.47. The molecule has 1 fully saturated rings. The zero-order valence-corrected chi connectivity index (χ0v) is 20.7. The van der Waals surface area contributed by atoms with Crippen molar-refractivity contribution in [3.05, 3.63) is 77.2 Å². The van der Waals surface area contributed by atoms with Crippen molar-refractivity contribution in [2.45, 2.75) is 20.8 Å². The van der Waals surface area contributed by atoms with Crippen molar-refractivity contribution in [2.24, 2.45) is 0 Å². The van der Waals surface area contributed by atoms with Gasteiger partial charge in [-0.25, -0.2) is 9.97 Å². The predicted molar refractivity (Wildman–Crippen MR) is 140 cm³/mol. The summed E-state index contributed by atoms with van der Waals surface area (Å²) in [4.78, 5) is 30.9. The molecule has 0 saturated carbocycles. The summed E-state index contributed by atoms with van der Waals surface area (Å²) in [5.41, 5.74) is 7.74. The second kappa shape index (κ2) is 9.43. The van der Waals surface area contributed by atoms with E-state index in [9.17, 15) is 4.79 Å². The Morgan fingerprint density at radius 1 is 0.886 bits per heavy atom. The van der Waals surface area contributed by atoms with Gasteiger partial charge in [-0.15, -0.1) is 0 Å². The maximum atomic E-state index is 13.2. The molecule has 0 bridgehead atoms. The summed E-state index contributed by atoms with van der Waals surface area (Å²) in [6, 6.07) is 14.2. The molecule has 1 saturated heterocycles. The number of aryl methyl sites for hydroxylation is 3. The van der Waals surface area contributed by atoms with Gasteiger partial charge in [0.1, 0.15) is 0 Å². The van der Waals surface area contributed by atoms with Crippen LogP contribution in [0.3, 0.4) is 0 Å². The third kappa shape index (κ3) is 4.86. The van der Waals surface area contributed by atoms with E-state index < -0.39 is 0 Å². The number of carbonyl (C=O) groups excluding carboxylic acids is 1. The fourth-order valence-electron chi connectivity index (χ4n) is 4.47. The lowest BCUT2D eigenvalue weighted by atomic mass is 9.95. The molecule has 1 N–H and O–H groups in total. The first-order chi connectivity index (χ1) is 16.9. The summed E-state index contributed by atoms with van der Waals surface area (Å²) < 4.78 is 0. The van der Waals surface area contributed by atoms with Crippen molar-refractivity contribution < 1.29 is 4.79 Å². The average molecular weight is 467 g/mol. The smallest absolute Gasteiger partial charge is 0.253 e. The molecule has 0 atom stereocenters. The van der Waals surface area contributed by atoms with E-state index in [0.29, 0.717) is 5.95 Å². The second-order valence-corrected chi connectivity index (χ2v) is 9.36. The van der Waals surface area contributed by atoms with Crippen LogP contribution in [0.2, 0.25) is 0 Å². The number of aromatic nitrogens is 3. The zero-order valence-electron chi connectivity index (χ0n) is 20.7. The molecule has 7 nitrogen and oxygen atoms in total. The van der Waals surface area contributed by atoms with Crippen LogP contribution in [0, 0.1) is 20.8 Å². The number of likely N-dealkylation sites (N-methyl/N-ethyl adjacent to an activating group) is 1. The van der Waals surface area contributed by atoms with E-state index in [4.69, 9.17) is 4.98 Å². The molecule has 1 amide bonds. The van der Waals surface area contributed by atoms with Gasteiger partial charge < -0.3 is 15.1 Å². The molecule has 1 aliphatic rings. The Morgan fingerprint density at radius 2 is 1.69 bits per heavy atom. The van der Waals surface area contributed by atoms with E-state index in [-0.39, 0.29) is 5.91 Å². The van der Waals surface area contributed by atoms with Crippen LogP contribution in [0.15, 0.2) is 54.9 Å². The number of anilines is 2. The summed E-state index contributed by atoms with van der Waals surface area (Å²) in [5.74, 6) is 0.636. The lowest BCUT2D eigenvalue weighted by Gasteiger charge is -2.32. The van der Waals surface area contributed by atoms with Crippen LogP contribution < -0.4 is 5.32 Å². The maximum absolute atomic E-state index is 13.2. The Bertz CT molecular complexity index is 1390. The van der Waals surface area contributed by atoms with Gasteiger partial charge in [-0.3, -0.25) is 9.78 Å². The number of hydrogen-bond acceptors (Lipinski definition) is 6. The molecule has 0 aliphatic carbocycles. The number of rotatable bonds is 4. The van der Waals surface area contributed by atoms with Crippen LogP contribution in [0.5, 0.6) is 0 Å². The van der Waals surface area contributed by atoms with Gasteiger partial charge in [0.2, 0.25) is 5.95 Å². The first-order valence-electron chi connectivity index (χ1n) is 11.9. The Labute approximate surface area is 205 Å². The molecule has 2 aromatic carbocycles. The molecule has 0 spiro atoms. The number of benzene rings is 2. The molecular formula is C28H30N6O. The fraction of sp³-hybridized carbons (Fsp3) is 0.286. The van der Waals surface area contributed by atoms with Crippen LogP contribution >= 0.6 is 0 Å². The number of nitrogens with one attached hydrogen (secondary N) is 1. The minimum absolute atomic E-state index is 0.0986. The van der Waals surface area contributed by atoms with Gasteiger partial charge in [0.05, 0.1) is 17.4 Å². The summed E-state index contributed by atoms with van der Waals surface area (Å²) in [6.45, 7) is 9.44. The molecule has 178 valence electrons. The first-order valence-corrected chi connectivity index (χ1v) is 11.9. The number of carbonyl (C=O) groups is 1. The minimum atomic E-state index is 0.0986. The van der Waals surface area contributed by atoms with Gasteiger partial charge in [-0.05, 0) is 86.5 Å². The van der Waals surface area contributed by atoms with Crippen LogP contribution in [-0.2, 0) is 0 Å². The lowest BCUT2D eigenvalue weighted by Crippen LogP contribution is -2.47. The van der Waals surface area contributed by atoms with Crippen molar-refractivity contribution in [1.29, 1.82) is 0 Å². The first kappa shape index (κ1) is 22.9. The van der Waals surface area contributed by atoms with E-state index in [0.717, 1.165) is 76.3 Å². The average Bonchev–Trinajstić information content (AvgIpc) is 2.86. The van der Waals surface area contributed by atoms with E-state index in [1.807, 2.05) is 48.4 Å². The van der Waals surface area contributed by atoms with E-state index in [2.05, 4.69) is 53.2 Å². The van der Waals surface area contributed by atoms with Crippen LogP contribution in [0.25, 0.3) is 22.0 Å². The highest BCUT2D eigenvalue weighted by Crippen LogP contribution is 2.30. The highest BCUT2D eigenvalue weighted by atomic mass is 16.2. The van der Waals surface area contributed by atoms with Gasteiger partial charge >= 0.3 is 0 Å². The molecule has 7 heteroatoms. The third-order valence-corrected chi connectivity index (χ3v) is 6.63. The van der Waals surface area contributed by atoms with Crippen LogP contribution in [0.4, 0.5) is 11.6 Å². The highest BCUT2D eigenvalue weighted by molar-refractivity contribution is 5.96. The van der Waals surface area contributed by atoms with Crippen LogP contribution in [0.1, 0.15) is 27.2 Å². The van der Waals surface area contributed by atoms with Crippen molar-refractivity contribution in [1.82, 2.24) is 24.8 Å². The number of fused-ring (bicyclic) bond motifs is 1. The molecule has 4 aromatic rings. The number of hydrogen-bond donors (Lipinski definition) is 1. The summed E-state index contributed by atoms with van der Waals surface area (Å²) in [6.07, 6.45) is 3.62. The predicted octanol–water partition coefficient (Wildman–Crippen LogP) is 4.75. The summed E-state index contributed by atoms with van der Waals surface area (Å²) in [7, 11) is 2.09. The van der Waals surface area contributed by atoms with Gasteiger partial charge in [-0.1, -0.05) is 6.07 Å². The highest BCUT2D eigenvalue weighted by Gasteiger charge is 2.21. The molecule has 0 unspecified atom stereocenters. The van der Waals surface area contributed by atoms with Gasteiger partial charge in [0.25, 0.3) is 5.91 Å². The number of nitrogens with zero attached hydrogens (tertiary/aromatic N) is 5. The molecular weight excluding hydrogens is 436 g/mol. The normalized spacial score (nSPS) is 14.3. The summed E-state index contributed by atoms with van der Waals surface area (Å²) >= 11 is 0. The van der Waals surface area contributed by atoms with E-state index >= 15 is 0 Å². The van der Waals surface area contributed by atoms with Gasteiger partial charge in [-0.2, -0.15) is 0 Å². The lowest BCUT2D eigenvalue weighted by molar-refractivity contribution is 0.0664. The Morgan fingerprint density at radius 3 is 2.43 bits per heavy atom. The molecule has 2 aromatic heterocycles. The molecule has 0 radical (unpaired) electrons. The summed E-state index contributed by atoms with van der Waals surface area (Å²) in [5, 5.41) is 4.19. The monoisotopic (exact) mass is 466 g/mol. The zero-order chi connectivity index (χ0) is 24.5. The van der Waals surface area contributed by atoms with Crippen molar-refractivity contribution in [2.75, 3.05) is 38.5 Å². The Kier molecular flexibility index (Phi) is 6.17. The standard InChI is InChI=1S/C28H30N6O/c1-18-5-7-21(27(35)34-11-9-33(4)10-12-34)15-25(18)22-13-19(2)26-23(14-22)16-30-28(32-26)31-24-8-6-20(3)29-17-24/h5-8,13-17H,9-12H2,1-4H3,(H,30,31,32). The number of amides is 1. The Balaban J connectivity index is 1.45. The number of piperazine rings is 1. The molecule has 35 heavy (non-hydrogen) atoms. The van der Waals surface area contributed by atoms with Crippen molar-refractivity contribution in [3.63, 3.8) is 0 Å². The van der Waals surface area contributed by atoms with Crippen molar-refractivity contribution in [3.8, 4) is 11.1 Å². The second-order valence-electron chi connectivity index (χ2n) is 9.36. The third-order valence-electron chi connectivity index (χ3n) is 6.63. The quantitative estimate of drug-likeness (QED) is 0.468. The van der Waals surface area contributed by atoms with E-state index in [1.165, 1.54) is 0 Å². The topological polar surface area (TPSA) is 74.2 Å². The molecule has 3 heterocycles. The van der Waals surface area contributed by atoms with Gasteiger partial charge in [0.15, 0.2) is 0 Å². The molecule has 5 rings (SSSR count). The maximum Gasteiger partial charge on any atom is 0.253 e. The van der Waals surface area contributed by atoms with Gasteiger partial charge in [0, 0.05) is 49.0 Å². The minimum Gasteiger partial charge on any atom is -0.336 e.